The van der Waals surface area contributed by atoms with Gasteiger partial charge in [0.15, 0.2) is 10.8 Å². The second-order valence-corrected chi connectivity index (χ2v) is 9.70. The van der Waals surface area contributed by atoms with Crippen LogP contribution < -0.4 is 0 Å². The van der Waals surface area contributed by atoms with E-state index in [1.165, 1.54) is 12.1 Å². The lowest BCUT2D eigenvalue weighted by Gasteiger charge is -2.05. The van der Waals surface area contributed by atoms with Crippen molar-refractivity contribution in [1.29, 1.82) is 0 Å². The Hall–Kier alpha value is -3.23. The molecule has 0 radical (unpaired) electrons. The number of nitrogens with one attached hydrogen (secondary N) is 1. The van der Waals surface area contributed by atoms with Gasteiger partial charge in [-0.05, 0) is 31.2 Å². The number of aryl methyl sites for hydroxylation is 1. The van der Waals surface area contributed by atoms with E-state index in [4.69, 9.17) is 0 Å². The van der Waals surface area contributed by atoms with Crippen LogP contribution in [0.3, 0.4) is 0 Å². The van der Waals surface area contributed by atoms with Gasteiger partial charge in [-0.25, -0.2) is 13.4 Å². The minimum atomic E-state index is -3.84. The summed E-state index contributed by atoms with van der Waals surface area (Å²) in [6, 6.07) is 19.1. The summed E-state index contributed by atoms with van der Waals surface area (Å²) in [5.41, 5.74) is 2.37. The third kappa shape index (κ3) is 4.60. The SMILES string of the molecule is Cc1ccc(-c2nc(SCC(=O)c3ccncc3)c(S(=O)(=O)c3ccccc3)[nH]2)cc1. The van der Waals surface area contributed by atoms with E-state index in [9.17, 15) is 13.2 Å². The quantitative estimate of drug-likeness (QED) is 0.328. The highest BCUT2D eigenvalue weighted by atomic mass is 32.2. The monoisotopic (exact) mass is 449 g/mol. The minimum absolute atomic E-state index is 0.0122. The molecule has 4 aromatic rings. The number of Topliss-reactive ketones (excluding diaryl/α,β-unsaturated/α-hetero) is 1. The molecule has 0 atom stereocenters. The zero-order valence-corrected chi connectivity index (χ0v) is 18.3. The van der Waals surface area contributed by atoms with Crippen LogP contribution in [-0.2, 0) is 9.84 Å². The van der Waals surface area contributed by atoms with Crippen molar-refractivity contribution < 1.29 is 13.2 Å². The topological polar surface area (TPSA) is 92.8 Å². The summed E-state index contributed by atoms with van der Waals surface area (Å²) in [5.74, 6) is 0.364. The summed E-state index contributed by atoms with van der Waals surface area (Å²) >= 11 is 1.10. The number of hydrogen-bond donors (Lipinski definition) is 1. The maximum atomic E-state index is 13.3. The van der Waals surface area contributed by atoms with Gasteiger partial charge in [-0.1, -0.05) is 59.8 Å². The lowest BCUT2D eigenvalue weighted by molar-refractivity contribution is 0.102. The second-order valence-electron chi connectivity index (χ2n) is 6.85. The average molecular weight is 450 g/mol. The third-order valence-corrected chi connectivity index (χ3v) is 7.46. The molecular formula is C23H19N3O3S2. The largest absolute Gasteiger partial charge is 0.328 e. The van der Waals surface area contributed by atoms with Crippen molar-refractivity contribution in [2.75, 3.05) is 5.75 Å². The third-order valence-electron chi connectivity index (χ3n) is 4.63. The number of rotatable bonds is 7. The van der Waals surface area contributed by atoms with Crippen LogP contribution in [0.5, 0.6) is 0 Å². The molecule has 2 aromatic heterocycles. The molecule has 0 saturated carbocycles. The molecule has 1 N–H and O–H groups in total. The lowest BCUT2D eigenvalue weighted by Crippen LogP contribution is -2.06. The van der Waals surface area contributed by atoms with Crippen molar-refractivity contribution in [2.45, 2.75) is 21.9 Å². The Morgan fingerprint density at radius 3 is 2.32 bits per heavy atom. The molecule has 0 saturated heterocycles. The summed E-state index contributed by atoms with van der Waals surface area (Å²) in [4.78, 5) is 24.1. The number of aromatic amines is 1. The van der Waals surface area contributed by atoms with Crippen molar-refractivity contribution in [3.8, 4) is 11.4 Å². The zero-order chi connectivity index (χ0) is 21.8. The van der Waals surface area contributed by atoms with Crippen LogP contribution >= 0.6 is 11.8 Å². The van der Waals surface area contributed by atoms with Gasteiger partial charge in [-0.15, -0.1) is 0 Å². The number of hydrogen-bond acceptors (Lipinski definition) is 6. The van der Waals surface area contributed by atoms with Crippen LogP contribution in [0.2, 0.25) is 0 Å². The molecule has 0 aliphatic carbocycles. The molecule has 31 heavy (non-hydrogen) atoms. The standard InChI is InChI=1S/C23H19N3O3S2/c1-16-7-9-18(10-8-16)21-25-22(30-15-20(27)17-11-13-24-14-12-17)23(26-21)31(28,29)19-5-3-2-4-6-19/h2-14H,15H2,1H3,(H,25,26). The normalized spacial score (nSPS) is 11.4. The fraction of sp³-hybridized carbons (Fsp3) is 0.0870. The lowest BCUT2D eigenvalue weighted by atomic mass is 10.1. The molecule has 0 spiro atoms. The van der Waals surface area contributed by atoms with E-state index in [0.29, 0.717) is 11.4 Å². The zero-order valence-electron chi connectivity index (χ0n) is 16.6. The molecule has 2 aromatic carbocycles. The molecule has 0 bridgehead atoms. The fourth-order valence-electron chi connectivity index (χ4n) is 2.94. The number of H-pyrrole nitrogens is 1. The number of nitrogens with zero attached hydrogens (tertiary/aromatic N) is 2. The van der Waals surface area contributed by atoms with Crippen molar-refractivity contribution in [3.63, 3.8) is 0 Å². The number of ketones is 1. The van der Waals surface area contributed by atoms with E-state index in [0.717, 1.165) is 22.9 Å². The number of imidazole rings is 1. The first-order chi connectivity index (χ1) is 14.9. The van der Waals surface area contributed by atoms with E-state index in [1.54, 1.807) is 42.7 Å². The van der Waals surface area contributed by atoms with E-state index < -0.39 is 9.84 Å². The molecule has 0 unspecified atom stereocenters. The highest BCUT2D eigenvalue weighted by molar-refractivity contribution is 8.00. The van der Waals surface area contributed by atoms with E-state index in [-0.39, 0.29) is 26.5 Å². The first-order valence-corrected chi connectivity index (χ1v) is 12.0. The molecule has 4 rings (SSSR count). The number of carbonyl (C=O) groups is 1. The van der Waals surface area contributed by atoms with Crippen molar-refractivity contribution in [1.82, 2.24) is 15.0 Å². The predicted molar refractivity (Wildman–Crippen MR) is 120 cm³/mol. The first kappa shape index (κ1) is 21.0. The second kappa shape index (κ2) is 8.87. The highest BCUT2D eigenvalue weighted by Crippen LogP contribution is 2.32. The Bertz CT molecular complexity index is 1300. The molecule has 0 aliphatic rings. The van der Waals surface area contributed by atoms with Gasteiger partial charge in [-0.2, -0.15) is 0 Å². The van der Waals surface area contributed by atoms with Crippen LogP contribution in [0.25, 0.3) is 11.4 Å². The number of benzene rings is 2. The number of sulfone groups is 1. The van der Waals surface area contributed by atoms with Crippen molar-refractivity contribution in [2.24, 2.45) is 0 Å². The van der Waals surface area contributed by atoms with Crippen LogP contribution in [0.4, 0.5) is 0 Å². The number of thioether (sulfide) groups is 1. The smallest absolute Gasteiger partial charge is 0.224 e. The molecule has 0 aliphatic heterocycles. The molecular weight excluding hydrogens is 430 g/mol. The predicted octanol–water partition coefficient (Wildman–Crippen LogP) is 4.59. The van der Waals surface area contributed by atoms with Gasteiger partial charge in [0.2, 0.25) is 9.84 Å². The molecule has 6 nitrogen and oxygen atoms in total. The van der Waals surface area contributed by atoms with Gasteiger partial charge in [0.05, 0.1) is 10.6 Å². The summed E-state index contributed by atoms with van der Waals surface area (Å²) in [6.45, 7) is 1.98. The van der Waals surface area contributed by atoms with Crippen molar-refractivity contribution >= 4 is 27.4 Å². The summed E-state index contributed by atoms with van der Waals surface area (Å²) in [5, 5.41) is 0.253. The molecule has 2 heterocycles. The Balaban J connectivity index is 1.72. The van der Waals surface area contributed by atoms with Gasteiger partial charge >= 0.3 is 0 Å². The minimum Gasteiger partial charge on any atom is -0.328 e. The van der Waals surface area contributed by atoms with Gasteiger partial charge in [-0.3, -0.25) is 9.78 Å². The number of pyridine rings is 1. The molecule has 156 valence electrons. The summed E-state index contributed by atoms with van der Waals surface area (Å²) < 4.78 is 26.6. The van der Waals surface area contributed by atoms with Crippen LogP contribution in [0, 0.1) is 6.92 Å². The van der Waals surface area contributed by atoms with E-state index in [1.807, 2.05) is 31.2 Å². The van der Waals surface area contributed by atoms with Crippen molar-refractivity contribution in [3.05, 3.63) is 90.3 Å². The highest BCUT2D eigenvalue weighted by Gasteiger charge is 2.26. The number of carbonyl (C=O) groups excluding carboxylic acids is 1. The van der Waals surface area contributed by atoms with Gasteiger partial charge in [0.25, 0.3) is 0 Å². The maximum Gasteiger partial charge on any atom is 0.224 e. The van der Waals surface area contributed by atoms with Gasteiger partial charge in [0.1, 0.15) is 10.9 Å². The maximum absolute atomic E-state index is 13.3. The Morgan fingerprint density at radius 1 is 0.968 bits per heavy atom. The number of aromatic nitrogens is 3. The molecule has 8 heteroatoms. The Labute approximate surface area is 184 Å². The fourth-order valence-corrected chi connectivity index (χ4v) is 5.48. The molecule has 0 fully saturated rings. The Morgan fingerprint density at radius 2 is 1.65 bits per heavy atom. The van der Waals surface area contributed by atoms with Gasteiger partial charge in [0, 0.05) is 23.5 Å². The van der Waals surface area contributed by atoms with Crippen LogP contribution in [0.1, 0.15) is 15.9 Å². The molecule has 0 amide bonds. The van der Waals surface area contributed by atoms with Gasteiger partial charge < -0.3 is 4.98 Å². The Kier molecular flexibility index (Phi) is 6.01. The van der Waals surface area contributed by atoms with Crippen LogP contribution in [-0.4, -0.2) is 34.9 Å². The summed E-state index contributed by atoms with van der Waals surface area (Å²) in [7, 11) is -3.84. The first-order valence-electron chi connectivity index (χ1n) is 9.48. The summed E-state index contributed by atoms with van der Waals surface area (Å²) in [6.07, 6.45) is 3.10. The average Bonchev–Trinajstić information content (AvgIpc) is 3.24. The van der Waals surface area contributed by atoms with Crippen LogP contribution in [0.15, 0.2) is 94.1 Å². The van der Waals surface area contributed by atoms with E-state index >= 15 is 0 Å². The van der Waals surface area contributed by atoms with E-state index in [2.05, 4.69) is 15.0 Å².